The molecule has 0 heterocycles. The minimum absolute atomic E-state index is 0.184. The predicted molar refractivity (Wildman–Crippen MR) is 69.6 cm³/mol. The number of nitrogens with one attached hydrogen (secondary N) is 1. The Morgan fingerprint density at radius 3 is 2.78 bits per heavy atom. The fraction of sp³-hybridized carbons (Fsp3) is 0.231. The van der Waals surface area contributed by atoms with Crippen molar-refractivity contribution in [1.29, 1.82) is 0 Å². The lowest BCUT2D eigenvalue weighted by Gasteiger charge is -2.19. The molecule has 0 bridgehead atoms. The van der Waals surface area contributed by atoms with Crippen LogP contribution >= 0.6 is 0 Å². The fourth-order valence-corrected chi connectivity index (χ4v) is 1.46. The van der Waals surface area contributed by atoms with Crippen molar-refractivity contribution in [2.24, 2.45) is 0 Å². The minimum atomic E-state index is -1.06. The van der Waals surface area contributed by atoms with Gasteiger partial charge in [0.15, 0.2) is 0 Å². The number of urea groups is 1. The summed E-state index contributed by atoms with van der Waals surface area (Å²) >= 11 is 0. The van der Waals surface area contributed by atoms with Crippen LogP contribution in [-0.2, 0) is 4.79 Å². The van der Waals surface area contributed by atoms with Crippen LogP contribution in [0.25, 0.3) is 0 Å². The van der Waals surface area contributed by atoms with Crippen LogP contribution in [0.5, 0.6) is 0 Å². The Labute approximate surface area is 106 Å². The SMILES string of the molecule is C=CCN(CC(=O)O)C(=O)Nc1cccc(C)c1. The van der Waals surface area contributed by atoms with E-state index >= 15 is 0 Å². The van der Waals surface area contributed by atoms with E-state index in [-0.39, 0.29) is 13.1 Å². The summed E-state index contributed by atoms with van der Waals surface area (Å²) in [6.07, 6.45) is 1.48. The van der Waals surface area contributed by atoms with Gasteiger partial charge in [-0.1, -0.05) is 18.2 Å². The Kier molecular flexibility index (Phi) is 4.92. The highest BCUT2D eigenvalue weighted by Crippen LogP contribution is 2.10. The number of carbonyl (C=O) groups is 2. The van der Waals surface area contributed by atoms with Gasteiger partial charge in [-0.2, -0.15) is 0 Å². The number of benzene rings is 1. The number of carboxylic acid groups (broad SMARTS) is 1. The van der Waals surface area contributed by atoms with Crippen molar-refractivity contribution in [3.63, 3.8) is 0 Å². The molecule has 0 unspecified atom stereocenters. The molecule has 0 aromatic heterocycles. The molecule has 2 amide bonds. The molecule has 1 aromatic carbocycles. The lowest BCUT2D eigenvalue weighted by atomic mass is 10.2. The van der Waals surface area contributed by atoms with E-state index in [4.69, 9.17) is 5.11 Å². The first kappa shape index (κ1) is 13.8. The monoisotopic (exact) mass is 248 g/mol. The molecule has 5 nitrogen and oxygen atoms in total. The van der Waals surface area contributed by atoms with E-state index in [0.29, 0.717) is 5.69 Å². The van der Waals surface area contributed by atoms with Crippen molar-refractivity contribution >= 4 is 17.7 Å². The lowest BCUT2D eigenvalue weighted by Crippen LogP contribution is -2.38. The zero-order chi connectivity index (χ0) is 13.5. The Bertz CT molecular complexity index is 457. The number of hydrogen-bond donors (Lipinski definition) is 2. The maximum absolute atomic E-state index is 11.9. The normalized spacial score (nSPS) is 9.61. The maximum Gasteiger partial charge on any atom is 0.323 e. The summed E-state index contributed by atoms with van der Waals surface area (Å²) in [5, 5.41) is 11.4. The fourth-order valence-electron chi connectivity index (χ4n) is 1.46. The number of aryl methyl sites for hydroxylation is 1. The van der Waals surface area contributed by atoms with Crippen molar-refractivity contribution in [3.8, 4) is 0 Å². The molecule has 18 heavy (non-hydrogen) atoms. The second-order valence-electron chi connectivity index (χ2n) is 3.86. The molecule has 2 N–H and O–H groups in total. The number of hydrogen-bond acceptors (Lipinski definition) is 2. The van der Waals surface area contributed by atoms with Gasteiger partial charge in [0.25, 0.3) is 0 Å². The van der Waals surface area contributed by atoms with Crippen LogP contribution in [-0.4, -0.2) is 35.1 Å². The van der Waals surface area contributed by atoms with E-state index in [1.165, 1.54) is 6.08 Å². The van der Waals surface area contributed by atoms with Crippen LogP contribution in [0.3, 0.4) is 0 Å². The van der Waals surface area contributed by atoms with Gasteiger partial charge in [0.2, 0.25) is 0 Å². The summed E-state index contributed by atoms with van der Waals surface area (Å²) in [5.74, 6) is -1.06. The number of anilines is 1. The Balaban J connectivity index is 2.71. The molecule has 0 aliphatic heterocycles. The van der Waals surface area contributed by atoms with Gasteiger partial charge >= 0.3 is 12.0 Å². The van der Waals surface area contributed by atoms with Crippen LogP contribution in [0.2, 0.25) is 0 Å². The van der Waals surface area contributed by atoms with Crippen LogP contribution in [0.1, 0.15) is 5.56 Å². The molecular formula is C13H16N2O3. The van der Waals surface area contributed by atoms with Crippen molar-refractivity contribution in [2.75, 3.05) is 18.4 Å². The van der Waals surface area contributed by atoms with Crippen LogP contribution in [0.15, 0.2) is 36.9 Å². The van der Waals surface area contributed by atoms with Crippen molar-refractivity contribution in [1.82, 2.24) is 4.90 Å². The van der Waals surface area contributed by atoms with E-state index in [2.05, 4.69) is 11.9 Å². The van der Waals surface area contributed by atoms with Gasteiger partial charge in [0.05, 0.1) is 0 Å². The van der Waals surface area contributed by atoms with Crippen LogP contribution < -0.4 is 5.32 Å². The van der Waals surface area contributed by atoms with Crippen molar-refractivity contribution in [3.05, 3.63) is 42.5 Å². The molecule has 0 spiro atoms. The van der Waals surface area contributed by atoms with E-state index in [9.17, 15) is 9.59 Å². The Morgan fingerprint density at radius 1 is 1.50 bits per heavy atom. The molecule has 0 fully saturated rings. The highest BCUT2D eigenvalue weighted by molar-refractivity contribution is 5.91. The zero-order valence-electron chi connectivity index (χ0n) is 10.2. The third-order valence-corrected chi connectivity index (χ3v) is 2.23. The second-order valence-corrected chi connectivity index (χ2v) is 3.86. The quantitative estimate of drug-likeness (QED) is 0.784. The largest absolute Gasteiger partial charge is 0.480 e. The molecule has 5 heteroatoms. The molecule has 1 rings (SSSR count). The van der Waals surface area contributed by atoms with Gasteiger partial charge in [-0.3, -0.25) is 4.79 Å². The molecule has 0 atom stereocenters. The van der Waals surface area contributed by atoms with Gasteiger partial charge in [-0.05, 0) is 24.6 Å². The number of nitrogens with zero attached hydrogens (tertiary/aromatic N) is 1. The first-order valence-electron chi connectivity index (χ1n) is 5.48. The molecule has 0 aliphatic carbocycles. The van der Waals surface area contributed by atoms with Crippen molar-refractivity contribution < 1.29 is 14.7 Å². The second kappa shape index (κ2) is 6.44. The number of carbonyl (C=O) groups excluding carboxylic acids is 1. The maximum atomic E-state index is 11.9. The van der Waals surface area contributed by atoms with Gasteiger partial charge in [-0.15, -0.1) is 6.58 Å². The molecule has 0 saturated heterocycles. The van der Waals surface area contributed by atoms with E-state index in [0.717, 1.165) is 10.5 Å². The van der Waals surface area contributed by atoms with Crippen molar-refractivity contribution in [2.45, 2.75) is 6.92 Å². The molecule has 1 aromatic rings. The summed E-state index contributed by atoms with van der Waals surface area (Å²) < 4.78 is 0. The van der Waals surface area contributed by atoms with E-state index in [1.807, 2.05) is 25.1 Å². The van der Waals surface area contributed by atoms with E-state index < -0.39 is 12.0 Å². The predicted octanol–water partition coefficient (Wildman–Crippen LogP) is 2.10. The summed E-state index contributed by atoms with van der Waals surface area (Å²) in [6.45, 7) is 5.23. The standard InChI is InChI=1S/C13H16N2O3/c1-3-7-15(9-12(16)17)13(18)14-11-6-4-5-10(2)8-11/h3-6,8H,1,7,9H2,2H3,(H,14,18)(H,16,17). The smallest absolute Gasteiger partial charge is 0.323 e. The number of rotatable bonds is 5. The van der Waals surface area contributed by atoms with Crippen LogP contribution in [0.4, 0.5) is 10.5 Å². The summed E-state index contributed by atoms with van der Waals surface area (Å²) in [6, 6.07) is 6.83. The molecule has 0 saturated carbocycles. The number of carboxylic acids is 1. The van der Waals surface area contributed by atoms with Gasteiger partial charge in [0, 0.05) is 12.2 Å². The lowest BCUT2D eigenvalue weighted by molar-refractivity contribution is -0.137. The molecule has 96 valence electrons. The average molecular weight is 248 g/mol. The molecule has 0 radical (unpaired) electrons. The summed E-state index contributed by atoms with van der Waals surface area (Å²) in [7, 11) is 0. The summed E-state index contributed by atoms with van der Waals surface area (Å²) in [4.78, 5) is 23.7. The first-order valence-corrected chi connectivity index (χ1v) is 5.48. The Morgan fingerprint density at radius 2 is 2.22 bits per heavy atom. The summed E-state index contributed by atoms with van der Waals surface area (Å²) in [5.41, 5.74) is 1.65. The third kappa shape index (κ3) is 4.29. The minimum Gasteiger partial charge on any atom is -0.480 e. The zero-order valence-corrected chi connectivity index (χ0v) is 10.2. The van der Waals surface area contributed by atoms with Gasteiger partial charge < -0.3 is 15.3 Å². The van der Waals surface area contributed by atoms with Crippen LogP contribution in [0, 0.1) is 6.92 Å². The number of aliphatic carboxylic acids is 1. The highest BCUT2D eigenvalue weighted by atomic mass is 16.4. The van der Waals surface area contributed by atoms with Gasteiger partial charge in [-0.25, -0.2) is 4.79 Å². The number of amides is 2. The first-order chi connectivity index (χ1) is 8.52. The van der Waals surface area contributed by atoms with E-state index in [1.54, 1.807) is 6.07 Å². The topological polar surface area (TPSA) is 69.6 Å². The highest BCUT2D eigenvalue weighted by Gasteiger charge is 2.15. The molecular weight excluding hydrogens is 232 g/mol. The Hall–Kier alpha value is -2.30. The molecule has 0 aliphatic rings. The third-order valence-electron chi connectivity index (χ3n) is 2.23. The average Bonchev–Trinajstić information content (AvgIpc) is 2.27. The van der Waals surface area contributed by atoms with Gasteiger partial charge in [0.1, 0.15) is 6.54 Å².